The molecule has 0 heterocycles. The molecule has 0 saturated carbocycles. The number of primary amides is 1. The minimum atomic E-state index is -3.21. The van der Waals surface area contributed by atoms with Crippen LogP contribution in [0.3, 0.4) is 0 Å². The van der Waals surface area contributed by atoms with E-state index in [1.54, 1.807) is 19.1 Å². The Morgan fingerprint density at radius 3 is 2.33 bits per heavy atom. The Bertz CT molecular complexity index is 510. The number of hydrogen-bond donors (Lipinski definition) is 2. The molecule has 6 nitrogen and oxygen atoms in total. The summed E-state index contributed by atoms with van der Waals surface area (Å²) in [5.41, 5.74) is 11.2. The highest BCUT2D eigenvalue weighted by Gasteiger charge is 2.13. The standard InChI is InChI=1S/C11H16N2O4S/c1-2-18(15,16)9-5-3-8(4-6-9)10(12)7-17-11(13)14/h3-6,10H,2,7,12H2,1H3,(H2,13,14). The van der Waals surface area contributed by atoms with Gasteiger partial charge in [0.25, 0.3) is 0 Å². The van der Waals surface area contributed by atoms with Crippen molar-refractivity contribution >= 4 is 15.9 Å². The second-order valence-electron chi connectivity index (χ2n) is 3.71. The van der Waals surface area contributed by atoms with Gasteiger partial charge in [-0.05, 0) is 17.7 Å². The van der Waals surface area contributed by atoms with E-state index in [1.807, 2.05) is 0 Å². The van der Waals surface area contributed by atoms with Crippen molar-refractivity contribution < 1.29 is 17.9 Å². The van der Waals surface area contributed by atoms with Gasteiger partial charge < -0.3 is 16.2 Å². The van der Waals surface area contributed by atoms with E-state index in [4.69, 9.17) is 11.5 Å². The molecule has 1 atom stereocenters. The Morgan fingerprint density at radius 2 is 1.89 bits per heavy atom. The number of ether oxygens (including phenoxy) is 1. The fraction of sp³-hybridized carbons (Fsp3) is 0.364. The summed E-state index contributed by atoms with van der Waals surface area (Å²) in [7, 11) is -3.21. The van der Waals surface area contributed by atoms with E-state index in [1.165, 1.54) is 12.1 Å². The molecule has 1 aromatic carbocycles. The van der Waals surface area contributed by atoms with E-state index in [0.29, 0.717) is 5.56 Å². The summed E-state index contributed by atoms with van der Waals surface area (Å²) in [6, 6.07) is 5.63. The number of sulfone groups is 1. The molecular weight excluding hydrogens is 256 g/mol. The first-order chi connectivity index (χ1) is 8.36. The largest absolute Gasteiger partial charge is 0.448 e. The van der Waals surface area contributed by atoms with Gasteiger partial charge in [-0.2, -0.15) is 0 Å². The van der Waals surface area contributed by atoms with Crippen molar-refractivity contribution in [3.05, 3.63) is 29.8 Å². The number of amides is 1. The lowest BCUT2D eigenvalue weighted by Gasteiger charge is -2.12. The first-order valence-electron chi connectivity index (χ1n) is 5.37. The number of rotatable bonds is 5. The summed E-state index contributed by atoms with van der Waals surface area (Å²) in [6.07, 6.45) is -0.893. The van der Waals surface area contributed by atoms with E-state index < -0.39 is 22.0 Å². The molecule has 0 aliphatic heterocycles. The SMILES string of the molecule is CCS(=O)(=O)c1ccc(C(N)COC(N)=O)cc1. The smallest absolute Gasteiger partial charge is 0.404 e. The van der Waals surface area contributed by atoms with Crippen molar-refractivity contribution in [1.29, 1.82) is 0 Å². The van der Waals surface area contributed by atoms with Crippen molar-refractivity contribution in [2.24, 2.45) is 11.5 Å². The van der Waals surface area contributed by atoms with Gasteiger partial charge in [0.2, 0.25) is 0 Å². The Hall–Kier alpha value is -1.60. The van der Waals surface area contributed by atoms with E-state index in [0.717, 1.165) is 0 Å². The zero-order valence-electron chi connectivity index (χ0n) is 10.00. The fourth-order valence-electron chi connectivity index (χ4n) is 1.36. The Labute approximate surface area is 106 Å². The van der Waals surface area contributed by atoms with Crippen LogP contribution in [0.4, 0.5) is 4.79 Å². The van der Waals surface area contributed by atoms with Crippen LogP contribution in [0.5, 0.6) is 0 Å². The monoisotopic (exact) mass is 272 g/mol. The van der Waals surface area contributed by atoms with Crippen LogP contribution >= 0.6 is 0 Å². The highest BCUT2D eigenvalue weighted by atomic mass is 32.2. The Balaban J connectivity index is 2.80. The van der Waals surface area contributed by atoms with Crippen LogP contribution in [0, 0.1) is 0 Å². The summed E-state index contributed by atoms with van der Waals surface area (Å²) < 4.78 is 27.7. The molecule has 0 fully saturated rings. The first-order valence-corrected chi connectivity index (χ1v) is 7.02. The maximum atomic E-state index is 11.6. The highest BCUT2D eigenvalue weighted by molar-refractivity contribution is 7.91. The summed E-state index contributed by atoms with van der Waals surface area (Å²) >= 11 is 0. The van der Waals surface area contributed by atoms with E-state index >= 15 is 0 Å². The molecule has 1 amide bonds. The molecule has 7 heteroatoms. The van der Waals surface area contributed by atoms with E-state index in [2.05, 4.69) is 4.74 Å². The third kappa shape index (κ3) is 3.71. The van der Waals surface area contributed by atoms with Crippen molar-refractivity contribution in [3.63, 3.8) is 0 Å². The van der Waals surface area contributed by atoms with E-state index in [-0.39, 0.29) is 17.3 Å². The topological polar surface area (TPSA) is 112 Å². The van der Waals surface area contributed by atoms with Gasteiger partial charge in [0.05, 0.1) is 16.7 Å². The Kier molecular flexibility index (Phi) is 4.69. The van der Waals surface area contributed by atoms with E-state index in [9.17, 15) is 13.2 Å². The number of benzene rings is 1. The van der Waals surface area contributed by atoms with Gasteiger partial charge in [0.15, 0.2) is 9.84 Å². The molecule has 1 unspecified atom stereocenters. The number of carbonyl (C=O) groups excluding carboxylic acids is 1. The highest BCUT2D eigenvalue weighted by Crippen LogP contribution is 2.16. The Morgan fingerprint density at radius 1 is 1.33 bits per heavy atom. The van der Waals surface area contributed by atoms with Crippen LogP contribution in [0.1, 0.15) is 18.5 Å². The maximum Gasteiger partial charge on any atom is 0.404 e. The molecule has 0 radical (unpaired) electrons. The van der Waals surface area contributed by atoms with Gasteiger partial charge in [0.1, 0.15) is 6.61 Å². The molecule has 0 saturated heterocycles. The average Bonchev–Trinajstić information content (AvgIpc) is 2.36. The quantitative estimate of drug-likeness (QED) is 0.813. The van der Waals surface area contributed by atoms with Gasteiger partial charge in [-0.15, -0.1) is 0 Å². The van der Waals surface area contributed by atoms with Gasteiger partial charge in [0, 0.05) is 0 Å². The van der Waals surface area contributed by atoms with Gasteiger partial charge >= 0.3 is 6.09 Å². The minimum absolute atomic E-state index is 0.0448. The third-order valence-corrected chi connectivity index (χ3v) is 4.20. The third-order valence-electron chi connectivity index (χ3n) is 2.45. The molecule has 4 N–H and O–H groups in total. The molecule has 1 rings (SSSR count). The van der Waals surface area contributed by atoms with Crippen molar-refractivity contribution in [2.45, 2.75) is 17.9 Å². The molecule has 0 aliphatic rings. The lowest BCUT2D eigenvalue weighted by molar-refractivity contribution is 0.149. The first kappa shape index (κ1) is 14.5. The molecular formula is C11H16N2O4S. The lowest BCUT2D eigenvalue weighted by atomic mass is 10.1. The lowest BCUT2D eigenvalue weighted by Crippen LogP contribution is -2.22. The number of hydrogen-bond acceptors (Lipinski definition) is 5. The van der Waals surface area contributed by atoms with Gasteiger partial charge in [-0.3, -0.25) is 0 Å². The average molecular weight is 272 g/mol. The zero-order valence-corrected chi connectivity index (χ0v) is 10.8. The van der Waals surface area contributed by atoms with Crippen molar-refractivity contribution in [3.8, 4) is 0 Å². The fourth-order valence-corrected chi connectivity index (χ4v) is 2.24. The van der Waals surface area contributed by atoms with Crippen LogP contribution in [-0.4, -0.2) is 26.9 Å². The van der Waals surface area contributed by atoms with Crippen LogP contribution in [0.25, 0.3) is 0 Å². The summed E-state index contributed by atoms with van der Waals surface area (Å²) in [5.74, 6) is 0.0448. The van der Waals surface area contributed by atoms with Gasteiger partial charge in [-0.1, -0.05) is 19.1 Å². The maximum absolute atomic E-state index is 11.6. The molecule has 0 spiro atoms. The molecule has 0 aromatic heterocycles. The normalized spacial score (nSPS) is 13.0. The molecule has 1 aromatic rings. The summed E-state index contributed by atoms with van der Waals surface area (Å²) in [4.78, 5) is 10.7. The van der Waals surface area contributed by atoms with Crippen LogP contribution < -0.4 is 11.5 Å². The molecule has 18 heavy (non-hydrogen) atoms. The van der Waals surface area contributed by atoms with Gasteiger partial charge in [-0.25, -0.2) is 13.2 Å². The predicted molar refractivity (Wildman–Crippen MR) is 66.6 cm³/mol. The summed E-state index contributed by atoms with van der Waals surface area (Å²) in [6.45, 7) is 1.53. The second kappa shape index (κ2) is 5.83. The number of nitrogens with two attached hydrogens (primary N) is 2. The van der Waals surface area contributed by atoms with Crippen LogP contribution in [0.15, 0.2) is 29.2 Å². The molecule has 0 bridgehead atoms. The minimum Gasteiger partial charge on any atom is -0.448 e. The summed E-state index contributed by atoms with van der Waals surface area (Å²) in [5, 5.41) is 0. The van der Waals surface area contributed by atoms with Crippen molar-refractivity contribution in [1.82, 2.24) is 0 Å². The van der Waals surface area contributed by atoms with Crippen LogP contribution in [0.2, 0.25) is 0 Å². The second-order valence-corrected chi connectivity index (χ2v) is 5.99. The van der Waals surface area contributed by atoms with Crippen molar-refractivity contribution in [2.75, 3.05) is 12.4 Å². The molecule has 100 valence electrons. The zero-order chi connectivity index (χ0) is 13.8. The number of carbonyl (C=O) groups is 1. The predicted octanol–water partition coefficient (Wildman–Crippen LogP) is 0.575. The molecule has 0 aliphatic carbocycles. The van der Waals surface area contributed by atoms with Crippen LogP contribution in [-0.2, 0) is 14.6 Å².